The van der Waals surface area contributed by atoms with Gasteiger partial charge in [-0.3, -0.25) is 4.68 Å². The van der Waals surface area contributed by atoms with Crippen LogP contribution in [0.2, 0.25) is 0 Å². The van der Waals surface area contributed by atoms with E-state index < -0.39 is 16.0 Å². The second kappa shape index (κ2) is 6.71. The van der Waals surface area contributed by atoms with Crippen LogP contribution in [-0.2, 0) is 23.0 Å². The average molecular weight is 323 g/mol. The fourth-order valence-corrected chi connectivity index (χ4v) is 3.22. The first-order valence-electron chi connectivity index (χ1n) is 6.77. The number of sulfonamides is 1. The summed E-state index contributed by atoms with van der Waals surface area (Å²) in [6.07, 6.45) is 1.92. The molecule has 0 aliphatic rings. The molecule has 2 rings (SSSR count). The van der Waals surface area contributed by atoms with E-state index in [2.05, 4.69) is 9.82 Å². The zero-order valence-corrected chi connectivity index (χ0v) is 12.9. The number of hydrogen-bond donors (Lipinski definition) is 2. The summed E-state index contributed by atoms with van der Waals surface area (Å²) in [6.45, 7) is 2.51. The molecule has 0 aliphatic carbocycles. The Hall–Kier alpha value is -2.19. The van der Waals surface area contributed by atoms with Crippen LogP contribution in [0.4, 0.5) is 0 Å². The third-order valence-electron chi connectivity index (χ3n) is 3.16. The van der Waals surface area contributed by atoms with E-state index in [9.17, 15) is 13.2 Å². The molecule has 22 heavy (non-hydrogen) atoms. The van der Waals surface area contributed by atoms with Crippen LogP contribution in [0.5, 0.6) is 0 Å². The number of benzene rings is 1. The van der Waals surface area contributed by atoms with E-state index in [4.69, 9.17) is 5.11 Å². The van der Waals surface area contributed by atoms with Crippen molar-refractivity contribution in [1.82, 2.24) is 14.5 Å². The van der Waals surface area contributed by atoms with Gasteiger partial charge in [0.05, 0.1) is 11.8 Å². The normalized spacial score (nSPS) is 11.5. The van der Waals surface area contributed by atoms with Crippen molar-refractivity contribution in [3.05, 3.63) is 47.7 Å². The summed E-state index contributed by atoms with van der Waals surface area (Å²) in [5.41, 5.74) is 1.06. The fraction of sp³-hybridized carbons (Fsp3) is 0.286. The molecule has 0 spiro atoms. The van der Waals surface area contributed by atoms with Crippen LogP contribution in [0.3, 0.4) is 0 Å². The van der Waals surface area contributed by atoms with Crippen molar-refractivity contribution in [1.29, 1.82) is 0 Å². The third-order valence-corrected chi connectivity index (χ3v) is 4.64. The van der Waals surface area contributed by atoms with E-state index in [-0.39, 0.29) is 17.1 Å². The van der Waals surface area contributed by atoms with Crippen molar-refractivity contribution in [2.75, 3.05) is 6.54 Å². The van der Waals surface area contributed by atoms with Gasteiger partial charge in [-0.2, -0.15) is 5.10 Å². The molecule has 0 aliphatic heterocycles. The van der Waals surface area contributed by atoms with E-state index in [0.29, 0.717) is 13.0 Å². The van der Waals surface area contributed by atoms with Crippen molar-refractivity contribution >= 4 is 16.0 Å². The predicted molar refractivity (Wildman–Crippen MR) is 80.2 cm³/mol. The van der Waals surface area contributed by atoms with Crippen LogP contribution in [0, 0.1) is 0 Å². The Morgan fingerprint density at radius 2 is 1.95 bits per heavy atom. The second-order valence-corrected chi connectivity index (χ2v) is 6.35. The summed E-state index contributed by atoms with van der Waals surface area (Å²) in [5, 5.41) is 12.9. The van der Waals surface area contributed by atoms with Crippen LogP contribution >= 0.6 is 0 Å². The van der Waals surface area contributed by atoms with Crippen LogP contribution < -0.4 is 4.72 Å². The number of aromatic nitrogens is 2. The molecule has 1 heterocycles. The molecule has 118 valence electrons. The van der Waals surface area contributed by atoms with Crippen LogP contribution in [0.15, 0.2) is 41.6 Å². The lowest BCUT2D eigenvalue weighted by Gasteiger charge is -2.08. The Kier molecular flexibility index (Phi) is 4.94. The maximum absolute atomic E-state index is 12.2. The standard InChI is InChI=1S/C14H17N3O4S/c1-2-17-13(8-9-15-17)22(20,21)16-10-7-11-3-5-12(6-4-11)14(18)19/h3-6,8-9,16H,2,7,10H2,1H3,(H,18,19). The van der Waals surface area contributed by atoms with Gasteiger partial charge in [0.25, 0.3) is 10.0 Å². The molecule has 7 nitrogen and oxygen atoms in total. The van der Waals surface area contributed by atoms with E-state index in [1.165, 1.54) is 29.1 Å². The minimum atomic E-state index is -3.60. The van der Waals surface area contributed by atoms with Crippen molar-refractivity contribution in [2.24, 2.45) is 0 Å². The first-order valence-corrected chi connectivity index (χ1v) is 8.26. The van der Waals surface area contributed by atoms with Crippen LogP contribution in [0.1, 0.15) is 22.8 Å². The topological polar surface area (TPSA) is 101 Å². The van der Waals surface area contributed by atoms with E-state index in [0.717, 1.165) is 5.56 Å². The summed E-state index contributed by atoms with van der Waals surface area (Å²) in [5.74, 6) is -0.986. The number of aryl methyl sites for hydroxylation is 1. The number of nitrogens with one attached hydrogen (secondary N) is 1. The number of nitrogens with zero attached hydrogens (tertiary/aromatic N) is 2. The summed E-state index contributed by atoms with van der Waals surface area (Å²) in [4.78, 5) is 10.7. The van der Waals surface area contributed by atoms with Gasteiger partial charge in [-0.05, 0) is 37.1 Å². The van der Waals surface area contributed by atoms with Gasteiger partial charge >= 0.3 is 5.97 Å². The summed E-state index contributed by atoms with van der Waals surface area (Å²) < 4.78 is 28.2. The van der Waals surface area contributed by atoms with Crippen molar-refractivity contribution in [2.45, 2.75) is 24.9 Å². The van der Waals surface area contributed by atoms with Gasteiger partial charge in [-0.1, -0.05) is 12.1 Å². The molecule has 0 radical (unpaired) electrons. The Morgan fingerprint density at radius 1 is 1.27 bits per heavy atom. The van der Waals surface area contributed by atoms with Gasteiger partial charge in [0, 0.05) is 13.1 Å². The molecule has 8 heteroatoms. The lowest BCUT2D eigenvalue weighted by atomic mass is 10.1. The number of rotatable bonds is 7. The molecule has 2 N–H and O–H groups in total. The second-order valence-electron chi connectivity index (χ2n) is 4.64. The highest BCUT2D eigenvalue weighted by Crippen LogP contribution is 2.09. The molecule has 0 amide bonds. The number of carbonyl (C=O) groups is 1. The Bertz CT molecular complexity index is 751. The van der Waals surface area contributed by atoms with Gasteiger partial charge in [-0.15, -0.1) is 0 Å². The Morgan fingerprint density at radius 3 is 2.55 bits per heavy atom. The van der Waals surface area contributed by atoms with E-state index in [1.54, 1.807) is 12.1 Å². The fourth-order valence-electron chi connectivity index (χ4n) is 2.00. The smallest absolute Gasteiger partial charge is 0.335 e. The Labute approximate surface area is 128 Å². The number of carboxylic acid groups (broad SMARTS) is 1. The summed E-state index contributed by atoms with van der Waals surface area (Å²) in [7, 11) is -3.60. The molecule has 0 unspecified atom stereocenters. The highest BCUT2D eigenvalue weighted by Gasteiger charge is 2.18. The van der Waals surface area contributed by atoms with Gasteiger partial charge in [0.15, 0.2) is 5.03 Å². The predicted octanol–water partition coefficient (Wildman–Crippen LogP) is 1.12. The van der Waals surface area contributed by atoms with E-state index in [1.807, 2.05) is 6.92 Å². The first kappa shape index (κ1) is 16.2. The SMILES string of the molecule is CCn1nccc1S(=O)(=O)NCCc1ccc(C(=O)O)cc1. The van der Waals surface area contributed by atoms with Gasteiger partial charge in [0.2, 0.25) is 0 Å². The monoisotopic (exact) mass is 323 g/mol. The zero-order valence-electron chi connectivity index (χ0n) is 12.1. The molecule has 0 atom stereocenters. The van der Waals surface area contributed by atoms with Crippen LogP contribution in [-0.4, -0.2) is 35.8 Å². The minimum Gasteiger partial charge on any atom is -0.478 e. The summed E-state index contributed by atoms with van der Waals surface area (Å²) in [6, 6.07) is 7.80. The first-order chi connectivity index (χ1) is 10.4. The number of hydrogen-bond acceptors (Lipinski definition) is 4. The quantitative estimate of drug-likeness (QED) is 0.795. The highest BCUT2D eigenvalue weighted by molar-refractivity contribution is 7.89. The van der Waals surface area contributed by atoms with Crippen molar-refractivity contribution < 1.29 is 18.3 Å². The summed E-state index contributed by atoms with van der Waals surface area (Å²) >= 11 is 0. The molecule has 2 aromatic rings. The molecule has 0 saturated carbocycles. The number of aromatic carboxylic acids is 1. The maximum atomic E-state index is 12.2. The molecule has 1 aromatic heterocycles. The van der Waals surface area contributed by atoms with Gasteiger partial charge in [0.1, 0.15) is 0 Å². The lowest BCUT2D eigenvalue weighted by Crippen LogP contribution is -2.28. The highest BCUT2D eigenvalue weighted by atomic mass is 32.2. The average Bonchev–Trinajstić information content (AvgIpc) is 2.97. The maximum Gasteiger partial charge on any atom is 0.335 e. The van der Waals surface area contributed by atoms with E-state index >= 15 is 0 Å². The minimum absolute atomic E-state index is 0.135. The molecule has 0 fully saturated rings. The largest absolute Gasteiger partial charge is 0.478 e. The van der Waals surface area contributed by atoms with Crippen LogP contribution in [0.25, 0.3) is 0 Å². The zero-order chi connectivity index (χ0) is 16.2. The van der Waals surface area contributed by atoms with Crippen molar-refractivity contribution in [3.63, 3.8) is 0 Å². The van der Waals surface area contributed by atoms with Gasteiger partial charge < -0.3 is 5.11 Å². The third kappa shape index (κ3) is 3.71. The molecular weight excluding hydrogens is 306 g/mol. The lowest BCUT2D eigenvalue weighted by molar-refractivity contribution is 0.0697. The Balaban J connectivity index is 1.97. The number of carboxylic acids is 1. The molecule has 0 saturated heterocycles. The molecular formula is C14H17N3O4S. The van der Waals surface area contributed by atoms with Gasteiger partial charge in [-0.25, -0.2) is 17.9 Å². The van der Waals surface area contributed by atoms with Crippen molar-refractivity contribution in [3.8, 4) is 0 Å². The molecule has 1 aromatic carbocycles. The molecule has 0 bridgehead atoms.